The fraction of sp³-hybridized carbons (Fsp3) is 0.607. The minimum absolute atomic E-state index is 0.0174. The van der Waals surface area contributed by atoms with Crippen molar-refractivity contribution in [3.05, 3.63) is 35.4 Å². The van der Waals surface area contributed by atoms with Gasteiger partial charge in [0.25, 0.3) is 0 Å². The average Bonchev–Trinajstić information content (AvgIpc) is 3.78. The molecule has 0 unspecified atom stereocenters. The molecule has 1 aliphatic carbocycles. The minimum atomic E-state index is -0.440. The second-order valence-electron chi connectivity index (χ2n) is 10.1. The van der Waals surface area contributed by atoms with Gasteiger partial charge in [-0.3, -0.25) is 0 Å². The lowest BCUT2D eigenvalue weighted by Crippen LogP contribution is -2.55. The summed E-state index contributed by atoms with van der Waals surface area (Å²) in [6.07, 6.45) is 7.00. The summed E-state index contributed by atoms with van der Waals surface area (Å²) in [7, 11) is 6.31. The number of allylic oxidation sites excluding steroid dienone is 1. The number of hydrogen-bond donors (Lipinski definition) is 0. The van der Waals surface area contributed by atoms with Crippen LogP contribution in [0, 0.1) is 5.92 Å². The van der Waals surface area contributed by atoms with Gasteiger partial charge in [-0.25, -0.2) is 4.79 Å². The number of esters is 1. The molecule has 1 spiro atoms. The van der Waals surface area contributed by atoms with Gasteiger partial charge in [0.2, 0.25) is 5.75 Å². The first-order chi connectivity index (χ1) is 17.2. The molecule has 0 amide bonds. The molecule has 198 valence electrons. The molecule has 0 bridgehead atoms. The maximum absolute atomic E-state index is 12.8. The molecule has 8 heteroatoms. The zero-order valence-corrected chi connectivity index (χ0v) is 22.3. The summed E-state index contributed by atoms with van der Waals surface area (Å²) in [5, 5.41) is 0. The van der Waals surface area contributed by atoms with Crippen LogP contribution in [-0.4, -0.2) is 70.5 Å². The van der Waals surface area contributed by atoms with Crippen molar-refractivity contribution in [3.8, 4) is 17.2 Å². The zero-order chi connectivity index (χ0) is 26.1. The van der Waals surface area contributed by atoms with Gasteiger partial charge in [-0.1, -0.05) is 11.6 Å². The molecule has 4 rings (SSSR count). The van der Waals surface area contributed by atoms with Gasteiger partial charge in [-0.05, 0) is 63.8 Å². The highest BCUT2D eigenvalue weighted by molar-refractivity contribution is 5.87. The third-order valence-electron chi connectivity index (χ3n) is 7.60. The summed E-state index contributed by atoms with van der Waals surface area (Å²) < 4.78 is 40.2. The number of methoxy groups -OCH3 is 4. The fourth-order valence-corrected chi connectivity index (χ4v) is 5.62. The van der Waals surface area contributed by atoms with Gasteiger partial charge in [0.15, 0.2) is 11.5 Å². The summed E-state index contributed by atoms with van der Waals surface area (Å²) in [6.45, 7) is 6.99. The van der Waals surface area contributed by atoms with Crippen molar-refractivity contribution in [1.29, 1.82) is 0 Å². The molecule has 1 aromatic carbocycles. The van der Waals surface area contributed by atoms with Crippen molar-refractivity contribution < 1.29 is 38.0 Å². The summed E-state index contributed by atoms with van der Waals surface area (Å²) in [5.41, 5.74) is 1.35. The van der Waals surface area contributed by atoms with Crippen LogP contribution in [0.15, 0.2) is 29.9 Å². The van der Waals surface area contributed by atoms with E-state index in [4.69, 9.17) is 33.2 Å². The van der Waals surface area contributed by atoms with Crippen LogP contribution in [0.3, 0.4) is 0 Å². The van der Waals surface area contributed by atoms with E-state index in [0.29, 0.717) is 30.3 Å². The maximum Gasteiger partial charge on any atom is 0.331 e. The van der Waals surface area contributed by atoms with Gasteiger partial charge in [-0.2, -0.15) is 0 Å². The van der Waals surface area contributed by atoms with Crippen LogP contribution in [-0.2, 0) is 23.7 Å². The highest BCUT2D eigenvalue weighted by Gasteiger charge is 2.72. The Labute approximate surface area is 213 Å². The van der Waals surface area contributed by atoms with Gasteiger partial charge in [-0.15, -0.1) is 0 Å². The van der Waals surface area contributed by atoms with E-state index in [9.17, 15) is 4.79 Å². The lowest BCUT2D eigenvalue weighted by atomic mass is 9.68. The van der Waals surface area contributed by atoms with E-state index in [0.717, 1.165) is 18.4 Å². The molecule has 6 atom stereocenters. The van der Waals surface area contributed by atoms with Crippen LogP contribution in [0.2, 0.25) is 0 Å². The van der Waals surface area contributed by atoms with Crippen molar-refractivity contribution in [2.24, 2.45) is 5.92 Å². The Hall–Kier alpha value is -2.55. The smallest absolute Gasteiger partial charge is 0.331 e. The Morgan fingerprint density at radius 1 is 1.11 bits per heavy atom. The van der Waals surface area contributed by atoms with Crippen LogP contribution < -0.4 is 14.2 Å². The molecular weight excluding hydrogens is 464 g/mol. The molecule has 2 heterocycles. The molecule has 0 N–H and O–H groups in total. The Morgan fingerprint density at radius 2 is 1.78 bits per heavy atom. The number of carbonyl (C=O) groups excluding carboxylic acids is 1. The number of ether oxygens (including phenoxy) is 7. The molecule has 36 heavy (non-hydrogen) atoms. The Morgan fingerprint density at radius 3 is 2.31 bits per heavy atom. The minimum Gasteiger partial charge on any atom is -0.493 e. The molecule has 0 aromatic heterocycles. The largest absolute Gasteiger partial charge is 0.493 e. The molecule has 3 aliphatic rings. The molecule has 3 fully saturated rings. The molecule has 1 aromatic rings. The topological polar surface area (TPSA) is 88.3 Å². The average molecular weight is 503 g/mol. The number of epoxide rings is 2. The van der Waals surface area contributed by atoms with E-state index in [1.54, 1.807) is 46.6 Å². The summed E-state index contributed by atoms with van der Waals surface area (Å²) in [5.74, 6) is 1.05. The maximum atomic E-state index is 12.8. The molecule has 2 aliphatic heterocycles. The van der Waals surface area contributed by atoms with Gasteiger partial charge >= 0.3 is 5.97 Å². The lowest BCUT2D eigenvalue weighted by molar-refractivity contribution is -0.166. The lowest BCUT2D eigenvalue weighted by Gasteiger charge is -2.42. The van der Waals surface area contributed by atoms with Crippen molar-refractivity contribution >= 4 is 12.0 Å². The van der Waals surface area contributed by atoms with Crippen LogP contribution >= 0.6 is 0 Å². The Balaban J connectivity index is 1.47. The van der Waals surface area contributed by atoms with Gasteiger partial charge in [0.05, 0.1) is 40.0 Å². The second-order valence-corrected chi connectivity index (χ2v) is 10.1. The number of carbonyl (C=O) groups is 1. The SMILES string of the molecule is COc1cc(/C=C/C(=O)O[C@@H]2CC[C@]3(CO3)[C@@H]([C@]3(C)O[C@@H]3CC=C(C)C)[C@@H]2OC)cc(OC)c1OC. The normalized spacial score (nSPS) is 32.8. The molecule has 2 saturated heterocycles. The highest BCUT2D eigenvalue weighted by atomic mass is 16.6. The summed E-state index contributed by atoms with van der Waals surface area (Å²) >= 11 is 0. The summed E-state index contributed by atoms with van der Waals surface area (Å²) in [6, 6.07) is 3.54. The third-order valence-corrected chi connectivity index (χ3v) is 7.60. The van der Waals surface area contributed by atoms with Crippen molar-refractivity contribution in [3.63, 3.8) is 0 Å². The first-order valence-electron chi connectivity index (χ1n) is 12.4. The van der Waals surface area contributed by atoms with Crippen LogP contribution in [0.25, 0.3) is 6.08 Å². The van der Waals surface area contributed by atoms with Crippen LogP contribution in [0.5, 0.6) is 17.2 Å². The Kier molecular flexibility index (Phi) is 7.69. The van der Waals surface area contributed by atoms with Gasteiger partial charge in [0.1, 0.15) is 23.4 Å². The van der Waals surface area contributed by atoms with Crippen LogP contribution in [0.4, 0.5) is 0 Å². The molecule has 0 radical (unpaired) electrons. The summed E-state index contributed by atoms with van der Waals surface area (Å²) in [4.78, 5) is 12.8. The zero-order valence-electron chi connectivity index (χ0n) is 22.3. The third kappa shape index (κ3) is 5.12. The van der Waals surface area contributed by atoms with Gasteiger partial charge < -0.3 is 33.2 Å². The number of rotatable bonds is 10. The van der Waals surface area contributed by atoms with Gasteiger partial charge in [0, 0.05) is 13.2 Å². The first-order valence-corrected chi connectivity index (χ1v) is 12.4. The molecule has 1 saturated carbocycles. The number of benzene rings is 1. The monoisotopic (exact) mass is 502 g/mol. The predicted octanol–water partition coefficient (Wildman–Crippen LogP) is 4.35. The van der Waals surface area contributed by atoms with Crippen LogP contribution in [0.1, 0.15) is 45.6 Å². The van der Waals surface area contributed by atoms with E-state index in [-0.39, 0.29) is 29.3 Å². The standard InChI is InChI=1S/C28H38O8/c1-17(2)8-10-22-27(3,36-22)26-25(33-7)19(12-13-28(26)16-34-28)35-23(29)11-9-18-14-20(30-4)24(32-6)21(15-18)31-5/h8-9,11,14-15,19,22,25-26H,10,12-13,16H2,1-7H3/b11-9+/t19-,22-,25-,26-,27-,28+/m1/s1. The van der Waals surface area contributed by atoms with Crippen molar-refractivity contribution in [2.75, 3.05) is 35.0 Å². The predicted molar refractivity (Wildman–Crippen MR) is 135 cm³/mol. The fourth-order valence-electron chi connectivity index (χ4n) is 5.62. The molecule has 8 nitrogen and oxygen atoms in total. The number of hydrogen-bond acceptors (Lipinski definition) is 8. The van der Waals surface area contributed by atoms with E-state index in [1.165, 1.54) is 11.6 Å². The van der Waals surface area contributed by atoms with E-state index >= 15 is 0 Å². The van der Waals surface area contributed by atoms with Crippen molar-refractivity contribution in [2.45, 2.75) is 69.5 Å². The van der Waals surface area contributed by atoms with E-state index in [2.05, 4.69) is 26.8 Å². The molecular formula is C28H38O8. The highest BCUT2D eigenvalue weighted by Crippen LogP contribution is 2.59. The first kappa shape index (κ1) is 26.5. The van der Waals surface area contributed by atoms with E-state index < -0.39 is 12.1 Å². The Bertz CT molecular complexity index is 997. The van der Waals surface area contributed by atoms with Crippen molar-refractivity contribution in [1.82, 2.24) is 0 Å². The quantitative estimate of drug-likeness (QED) is 0.202. The van der Waals surface area contributed by atoms with E-state index in [1.807, 2.05) is 0 Å². The second kappa shape index (κ2) is 10.4.